The molecular weight excluding hydrogens is 318 g/mol. The number of benzene rings is 2. The van der Waals surface area contributed by atoms with Crippen LogP contribution in [0.4, 0.5) is 10.8 Å². The summed E-state index contributed by atoms with van der Waals surface area (Å²) in [7, 11) is -3.61. The third-order valence-electron chi connectivity index (χ3n) is 3.29. The predicted octanol–water partition coefficient (Wildman–Crippen LogP) is 3.30. The van der Waals surface area contributed by atoms with E-state index in [1.807, 2.05) is 13.8 Å². The molecule has 0 atom stereocenters. The maximum Gasteiger partial charge on any atom is 0.261 e. The van der Waals surface area contributed by atoms with Crippen molar-refractivity contribution in [3.05, 3.63) is 47.5 Å². The van der Waals surface area contributed by atoms with E-state index in [1.54, 1.807) is 36.4 Å². The molecule has 0 fully saturated rings. The number of aryl methyl sites for hydroxylation is 2. The average molecular weight is 333 g/mol. The quantitative estimate of drug-likeness (QED) is 0.770. The molecule has 0 spiro atoms. The van der Waals surface area contributed by atoms with Gasteiger partial charge in [-0.2, -0.15) is 0 Å². The minimum Gasteiger partial charge on any atom is -0.375 e. The van der Waals surface area contributed by atoms with Crippen LogP contribution in [0.5, 0.6) is 0 Å². The van der Waals surface area contributed by atoms with Crippen LogP contribution in [0.3, 0.4) is 0 Å². The van der Waals surface area contributed by atoms with Crippen LogP contribution in [0.25, 0.3) is 10.2 Å². The van der Waals surface area contributed by atoms with Gasteiger partial charge in [0.2, 0.25) is 0 Å². The molecule has 0 saturated heterocycles. The fraction of sp³-hybridized carbons (Fsp3) is 0.133. The summed E-state index contributed by atoms with van der Waals surface area (Å²) in [5.41, 5.74) is 8.92. The molecule has 114 valence electrons. The molecule has 0 radical (unpaired) electrons. The number of nitrogens with zero attached hydrogens (tertiary/aromatic N) is 1. The van der Waals surface area contributed by atoms with Crippen LogP contribution in [-0.2, 0) is 10.0 Å². The van der Waals surface area contributed by atoms with Crippen LogP contribution in [0.15, 0.2) is 41.3 Å². The zero-order chi connectivity index (χ0) is 15.9. The van der Waals surface area contributed by atoms with Crippen molar-refractivity contribution in [2.45, 2.75) is 18.7 Å². The highest BCUT2D eigenvalue weighted by Crippen LogP contribution is 2.30. The van der Waals surface area contributed by atoms with Gasteiger partial charge in [-0.15, -0.1) is 0 Å². The van der Waals surface area contributed by atoms with Gasteiger partial charge in [0.05, 0.1) is 20.8 Å². The Hall–Kier alpha value is -2.12. The molecule has 1 aromatic heterocycles. The number of aromatic nitrogens is 1. The Morgan fingerprint density at radius 1 is 1.14 bits per heavy atom. The number of sulfonamides is 1. The highest BCUT2D eigenvalue weighted by molar-refractivity contribution is 7.92. The lowest BCUT2D eigenvalue weighted by Crippen LogP contribution is -2.12. The van der Waals surface area contributed by atoms with Gasteiger partial charge in [0.25, 0.3) is 10.0 Å². The van der Waals surface area contributed by atoms with Crippen molar-refractivity contribution in [1.82, 2.24) is 4.98 Å². The zero-order valence-corrected chi connectivity index (χ0v) is 13.8. The van der Waals surface area contributed by atoms with Crippen LogP contribution in [0.2, 0.25) is 0 Å². The number of nitrogens with one attached hydrogen (secondary N) is 1. The Kier molecular flexibility index (Phi) is 3.54. The van der Waals surface area contributed by atoms with E-state index in [9.17, 15) is 8.42 Å². The van der Waals surface area contributed by atoms with Crippen LogP contribution < -0.4 is 10.5 Å². The summed E-state index contributed by atoms with van der Waals surface area (Å²) in [5.74, 6) is 0. The molecule has 7 heteroatoms. The highest BCUT2D eigenvalue weighted by atomic mass is 32.2. The van der Waals surface area contributed by atoms with Gasteiger partial charge in [0.1, 0.15) is 0 Å². The van der Waals surface area contributed by atoms with Gasteiger partial charge < -0.3 is 5.73 Å². The normalized spacial score (nSPS) is 11.7. The van der Waals surface area contributed by atoms with Crippen molar-refractivity contribution in [2.24, 2.45) is 0 Å². The maximum absolute atomic E-state index is 12.4. The Labute approximate surface area is 132 Å². The molecule has 5 nitrogen and oxygen atoms in total. The van der Waals surface area contributed by atoms with Gasteiger partial charge >= 0.3 is 0 Å². The van der Waals surface area contributed by atoms with Crippen molar-refractivity contribution >= 4 is 42.4 Å². The molecule has 3 aromatic rings. The molecule has 0 amide bonds. The van der Waals surface area contributed by atoms with Gasteiger partial charge in [-0.3, -0.25) is 4.72 Å². The summed E-state index contributed by atoms with van der Waals surface area (Å²) < 4.78 is 28.3. The van der Waals surface area contributed by atoms with E-state index in [0.29, 0.717) is 10.8 Å². The third kappa shape index (κ3) is 2.77. The summed E-state index contributed by atoms with van der Waals surface area (Å²) >= 11 is 1.34. The van der Waals surface area contributed by atoms with Gasteiger partial charge in [-0.05, 0) is 43.7 Å². The molecule has 3 rings (SSSR count). The van der Waals surface area contributed by atoms with E-state index >= 15 is 0 Å². The summed E-state index contributed by atoms with van der Waals surface area (Å²) in [6, 6.07) is 10.2. The standard InChI is InChI=1S/C15H15N3O2S2/c1-9-3-5-12(6-4-9)22(19,20)18-11-7-10(2)14-13(8-11)21-15(16)17-14/h3-8,18H,1-2H3,(H2,16,17). The minimum absolute atomic E-state index is 0.236. The second-order valence-electron chi connectivity index (χ2n) is 5.11. The molecule has 0 unspecified atom stereocenters. The number of hydrogen-bond acceptors (Lipinski definition) is 5. The Bertz CT molecular complexity index is 945. The Morgan fingerprint density at radius 2 is 1.82 bits per heavy atom. The molecular formula is C15H15N3O2S2. The molecule has 22 heavy (non-hydrogen) atoms. The van der Waals surface area contributed by atoms with E-state index in [2.05, 4.69) is 9.71 Å². The molecule has 0 saturated carbocycles. The molecule has 0 aliphatic rings. The first-order valence-electron chi connectivity index (χ1n) is 6.61. The smallest absolute Gasteiger partial charge is 0.261 e. The van der Waals surface area contributed by atoms with E-state index in [0.717, 1.165) is 21.3 Å². The number of anilines is 2. The number of nitrogen functional groups attached to an aromatic ring is 1. The second-order valence-corrected chi connectivity index (χ2v) is 7.86. The molecule has 2 aromatic carbocycles. The topological polar surface area (TPSA) is 85.1 Å². The van der Waals surface area contributed by atoms with Crippen LogP contribution >= 0.6 is 11.3 Å². The number of nitrogens with two attached hydrogens (primary N) is 1. The van der Waals surface area contributed by atoms with E-state index in [4.69, 9.17) is 5.73 Å². The van der Waals surface area contributed by atoms with Crippen LogP contribution in [0.1, 0.15) is 11.1 Å². The fourth-order valence-electron chi connectivity index (χ4n) is 2.20. The van der Waals surface area contributed by atoms with Gasteiger partial charge in [-0.1, -0.05) is 29.0 Å². The van der Waals surface area contributed by atoms with Crippen LogP contribution in [0, 0.1) is 13.8 Å². The highest BCUT2D eigenvalue weighted by Gasteiger charge is 2.15. The lowest BCUT2D eigenvalue weighted by Gasteiger charge is -2.09. The second kappa shape index (κ2) is 5.26. The fourth-order valence-corrected chi connectivity index (χ4v) is 4.10. The Morgan fingerprint density at radius 3 is 2.50 bits per heavy atom. The monoisotopic (exact) mass is 333 g/mol. The number of hydrogen-bond donors (Lipinski definition) is 2. The molecule has 0 bridgehead atoms. The minimum atomic E-state index is -3.61. The summed E-state index contributed by atoms with van der Waals surface area (Å²) in [6.45, 7) is 3.79. The van der Waals surface area contributed by atoms with Crippen molar-refractivity contribution < 1.29 is 8.42 Å². The molecule has 0 aliphatic heterocycles. The zero-order valence-electron chi connectivity index (χ0n) is 12.1. The molecule has 3 N–H and O–H groups in total. The van der Waals surface area contributed by atoms with E-state index < -0.39 is 10.0 Å². The maximum atomic E-state index is 12.4. The molecule has 1 heterocycles. The van der Waals surface area contributed by atoms with E-state index in [1.165, 1.54) is 11.3 Å². The van der Waals surface area contributed by atoms with Crippen molar-refractivity contribution in [3.8, 4) is 0 Å². The SMILES string of the molecule is Cc1ccc(S(=O)(=O)Nc2cc(C)c3nc(N)sc3c2)cc1. The van der Waals surface area contributed by atoms with Gasteiger partial charge in [0, 0.05) is 0 Å². The molecule has 0 aliphatic carbocycles. The van der Waals surface area contributed by atoms with Crippen molar-refractivity contribution in [3.63, 3.8) is 0 Å². The predicted molar refractivity (Wildman–Crippen MR) is 90.8 cm³/mol. The average Bonchev–Trinajstić information content (AvgIpc) is 2.80. The summed E-state index contributed by atoms with van der Waals surface area (Å²) in [4.78, 5) is 4.47. The first-order chi connectivity index (χ1) is 10.3. The van der Waals surface area contributed by atoms with Crippen molar-refractivity contribution in [1.29, 1.82) is 0 Å². The largest absolute Gasteiger partial charge is 0.375 e. The number of rotatable bonds is 3. The number of fused-ring (bicyclic) bond motifs is 1. The van der Waals surface area contributed by atoms with Crippen LogP contribution in [-0.4, -0.2) is 13.4 Å². The lowest BCUT2D eigenvalue weighted by molar-refractivity contribution is 0.601. The Balaban J connectivity index is 2.00. The lowest BCUT2D eigenvalue weighted by atomic mass is 10.2. The first-order valence-corrected chi connectivity index (χ1v) is 8.91. The van der Waals surface area contributed by atoms with Gasteiger partial charge in [0.15, 0.2) is 5.13 Å². The number of thiazole rings is 1. The van der Waals surface area contributed by atoms with Crippen molar-refractivity contribution in [2.75, 3.05) is 10.5 Å². The summed E-state index contributed by atoms with van der Waals surface area (Å²) in [5, 5.41) is 0.469. The first kappa shape index (κ1) is 14.8. The van der Waals surface area contributed by atoms with E-state index in [-0.39, 0.29) is 4.90 Å². The summed E-state index contributed by atoms with van der Waals surface area (Å²) in [6.07, 6.45) is 0. The third-order valence-corrected chi connectivity index (χ3v) is 5.51. The van der Waals surface area contributed by atoms with Gasteiger partial charge in [-0.25, -0.2) is 13.4 Å².